The predicted octanol–water partition coefficient (Wildman–Crippen LogP) is 5.32. The molecule has 0 atom stereocenters. The number of aromatic hydroxyl groups is 1. The maximum atomic E-state index is 13.1. The topological polar surface area (TPSA) is 50.4 Å². The number of phenols is 1. The van der Waals surface area contributed by atoms with Crippen LogP contribution in [0.3, 0.4) is 0 Å². The minimum Gasteiger partial charge on any atom is -0.508 e. The molecule has 25 heavy (non-hydrogen) atoms. The fourth-order valence-electron chi connectivity index (χ4n) is 2.66. The molecule has 4 rings (SSSR count). The molecule has 0 bridgehead atoms. The molecule has 4 heteroatoms. The number of fused-ring (bicyclic) bond motifs is 1. The van der Waals surface area contributed by atoms with E-state index in [1.807, 2.05) is 48.5 Å². The Morgan fingerprint density at radius 3 is 2.40 bits per heavy atom. The summed E-state index contributed by atoms with van der Waals surface area (Å²) in [7, 11) is 0. The van der Waals surface area contributed by atoms with E-state index in [1.165, 1.54) is 11.8 Å². The summed E-state index contributed by atoms with van der Waals surface area (Å²) in [6, 6.07) is 23.7. The zero-order chi connectivity index (χ0) is 17.2. The van der Waals surface area contributed by atoms with Gasteiger partial charge in [-0.25, -0.2) is 0 Å². The van der Waals surface area contributed by atoms with Crippen LogP contribution in [0.25, 0.3) is 22.3 Å². The first-order valence-electron chi connectivity index (χ1n) is 7.80. The SMILES string of the molecule is O=c1c(Sc2cccc(O)c2)c(-c2ccccc2)oc2ccccc12. The number of para-hydroxylation sites is 1. The second-order valence-corrected chi connectivity index (χ2v) is 6.63. The van der Waals surface area contributed by atoms with Crippen molar-refractivity contribution in [3.05, 3.63) is 89.1 Å². The van der Waals surface area contributed by atoms with E-state index < -0.39 is 0 Å². The van der Waals surface area contributed by atoms with Crippen LogP contribution in [0.4, 0.5) is 0 Å². The van der Waals surface area contributed by atoms with Gasteiger partial charge < -0.3 is 9.52 Å². The average molecular weight is 346 g/mol. The first-order chi connectivity index (χ1) is 12.2. The second kappa shape index (κ2) is 6.49. The summed E-state index contributed by atoms with van der Waals surface area (Å²) < 4.78 is 6.08. The molecule has 4 aromatic rings. The highest BCUT2D eigenvalue weighted by molar-refractivity contribution is 7.99. The van der Waals surface area contributed by atoms with Gasteiger partial charge in [0.05, 0.1) is 5.39 Å². The Balaban J connectivity index is 1.97. The van der Waals surface area contributed by atoms with Gasteiger partial charge in [0.15, 0.2) is 5.76 Å². The summed E-state index contributed by atoms with van der Waals surface area (Å²) >= 11 is 1.30. The summed E-state index contributed by atoms with van der Waals surface area (Å²) in [5, 5.41) is 10.2. The van der Waals surface area contributed by atoms with Gasteiger partial charge >= 0.3 is 0 Å². The van der Waals surface area contributed by atoms with Crippen LogP contribution in [-0.2, 0) is 0 Å². The van der Waals surface area contributed by atoms with E-state index in [-0.39, 0.29) is 11.2 Å². The van der Waals surface area contributed by atoms with Gasteiger partial charge in [0.25, 0.3) is 0 Å². The van der Waals surface area contributed by atoms with Crippen LogP contribution in [-0.4, -0.2) is 5.11 Å². The van der Waals surface area contributed by atoms with Crippen molar-refractivity contribution in [3.63, 3.8) is 0 Å². The van der Waals surface area contributed by atoms with E-state index in [2.05, 4.69) is 0 Å². The second-order valence-electron chi connectivity index (χ2n) is 5.55. The van der Waals surface area contributed by atoms with Gasteiger partial charge in [0, 0.05) is 10.5 Å². The molecule has 0 aliphatic heterocycles. The molecule has 0 unspecified atom stereocenters. The molecule has 0 saturated carbocycles. The molecule has 1 N–H and O–H groups in total. The fraction of sp³-hybridized carbons (Fsp3) is 0. The number of hydrogen-bond acceptors (Lipinski definition) is 4. The molecule has 0 amide bonds. The van der Waals surface area contributed by atoms with Crippen molar-refractivity contribution < 1.29 is 9.52 Å². The van der Waals surface area contributed by atoms with Crippen molar-refractivity contribution in [1.29, 1.82) is 0 Å². The maximum absolute atomic E-state index is 13.1. The average Bonchev–Trinajstić information content (AvgIpc) is 2.65. The quantitative estimate of drug-likeness (QED) is 0.546. The summed E-state index contributed by atoms with van der Waals surface area (Å²) in [6.07, 6.45) is 0. The highest BCUT2D eigenvalue weighted by Crippen LogP contribution is 2.36. The minimum absolute atomic E-state index is 0.0750. The fourth-order valence-corrected chi connectivity index (χ4v) is 3.68. The Bertz CT molecular complexity index is 1100. The van der Waals surface area contributed by atoms with Gasteiger partial charge in [-0.15, -0.1) is 0 Å². The summed E-state index contributed by atoms with van der Waals surface area (Å²) in [4.78, 5) is 14.4. The predicted molar refractivity (Wildman–Crippen MR) is 100 cm³/mol. The Kier molecular flexibility index (Phi) is 4.04. The van der Waals surface area contributed by atoms with E-state index in [9.17, 15) is 9.90 Å². The van der Waals surface area contributed by atoms with Crippen LogP contribution in [0.1, 0.15) is 0 Å². The van der Waals surface area contributed by atoms with Crippen LogP contribution < -0.4 is 5.43 Å². The largest absolute Gasteiger partial charge is 0.508 e. The van der Waals surface area contributed by atoms with E-state index in [4.69, 9.17) is 4.42 Å². The van der Waals surface area contributed by atoms with E-state index in [0.717, 1.165) is 10.5 Å². The molecule has 122 valence electrons. The van der Waals surface area contributed by atoms with Gasteiger partial charge in [-0.05, 0) is 30.3 Å². The molecule has 0 spiro atoms. The first kappa shape index (κ1) is 15.5. The Labute approximate surface area is 148 Å². The molecule has 3 nitrogen and oxygen atoms in total. The number of benzene rings is 3. The van der Waals surface area contributed by atoms with Crippen molar-refractivity contribution in [2.75, 3.05) is 0 Å². The normalized spacial score (nSPS) is 10.9. The molecular weight excluding hydrogens is 332 g/mol. The third-order valence-electron chi connectivity index (χ3n) is 3.83. The van der Waals surface area contributed by atoms with Crippen molar-refractivity contribution in [2.45, 2.75) is 9.79 Å². The smallest absolute Gasteiger partial charge is 0.207 e. The van der Waals surface area contributed by atoms with E-state index in [1.54, 1.807) is 30.3 Å². The molecular formula is C21H14O3S. The molecule has 0 aliphatic carbocycles. The Morgan fingerprint density at radius 2 is 1.60 bits per heavy atom. The third-order valence-corrected chi connectivity index (χ3v) is 4.89. The summed E-state index contributed by atoms with van der Waals surface area (Å²) in [5.74, 6) is 0.703. The monoisotopic (exact) mass is 346 g/mol. The van der Waals surface area contributed by atoms with Gasteiger partial charge in [-0.1, -0.05) is 60.3 Å². The molecule has 3 aromatic carbocycles. The van der Waals surface area contributed by atoms with Crippen LogP contribution in [0.15, 0.2) is 97.9 Å². The number of rotatable bonds is 3. The Morgan fingerprint density at radius 1 is 0.840 bits per heavy atom. The molecule has 0 saturated heterocycles. The molecule has 0 radical (unpaired) electrons. The van der Waals surface area contributed by atoms with Gasteiger partial charge in [-0.2, -0.15) is 0 Å². The summed E-state index contributed by atoms with van der Waals surface area (Å²) in [6.45, 7) is 0. The van der Waals surface area contributed by atoms with Crippen LogP contribution in [0.2, 0.25) is 0 Å². The van der Waals surface area contributed by atoms with Crippen LogP contribution in [0, 0.1) is 0 Å². The van der Waals surface area contributed by atoms with E-state index >= 15 is 0 Å². The van der Waals surface area contributed by atoms with Crippen molar-refractivity contribution in [2.24, 2.45) is 0 Å². The summed E-state index contributed by atoms with van der Waals surface area (Å²) in [5.41, 5.74) is 1.33. The third kappa shape index (κ3) is 3.04. The lowest BCUT2D eigenvalue weighted by Crippen LogP contribution is -2.06. The molecule has 0 aliphatic rings. The zero-order valence-corrected chi connectivity index (χ0v) is 14.0. The molecule has 1 heterocycles. The highest BCUT2D eigenvalue weighted by Gasteiger charge is 2.17. The number of phenolic OH excluding ortho intramolecular Hbond substituents is 1. The van der Waals surface area contributed by atoms with Crippen LogP contribution >= 0.6 is 11.8 Å². The van der Waals surface area contributed by atoms with Gasteiger partial charge in [0.2, 0.25) is 5.43 Å². The number of hydrogen-bond donors (Lipinski definition) is 1. The maximum Gasteiger partial charge on any atom is 0.207 e. The van der Waals surface area contributed by atoms with Crippen molar-refractivity contribution >= 4 is 22.7 Å². The Hall–Kier alpha value is -2.98. The minimum atomic E-state index is -0.0750. The lowest BCUT2D eigenvalue weighted by molar-refractivity contribution is 0.474. The van der Waals surface area contributed by atoms with Gasteiger partial charge in [0.1, 0.15) is 16.2 Å². The van der Waals surface area contributed by atoms with Crippen molar-refractivity contribution in [3.8, 4) is 17.1 Å². The first-order valence-corrected chi connectivity index (χ1v) is 8.62. The lowest BCUT2D eigenvalue weighted by Gasteiger charge is -2.10. The molecule has 0 fully saturated rings. The molecule has 1 aromatic heterocycles. The van der Waals surface area contributed by atoms with Gasteiger partial charge in [-0.3, -0.25) is 4.79 Å². The lowest BCUT2D eigenvalue weighted by atomic mass is 10.1. The highest BCUT2D eigenvalue weighted by atomic mass is 32.2. The standard InChI is InChI=1S/C21H14O3S/c22-15-9-6-10-16(13-15)25-21-19(23)17-11-4-5-12-18(17)24-20(21)14-7-2-1-3-8-14/h1-13,22H. The zero-order valence-electron chi connectivity index (χ0n) is 13.2. The van der Waals surface area contributed by atoms with Crippen LogP contribution in [0.5, 0.6) is 5.75 Å². The van der Waals surface area contributed by atoms with E-state index in [0.29, 0.717) is 21.6 Å². The van der Waals surface area contributed by atoms with Crippen molar-refractivity contribution in [1.82, 2.24) is 0 Å².